The van der Waals surface area contributed by atoms with Crippen LogP contribution in [0.15, 0.2) is 54.7 Å². The van der Waals surface area contributed by atoms with Crippen molar-refractivity contribution in [2.75, 3.05) is 0 Å². The molecule has 5 nitrogen and oxygen atoms in total. The molecular weight excluding hydrogens is 364 g/mol. The molecule has 0 aliphatic heterocycles. The van der Waals surface area contributed by atoms with Crippen LogP contribution in [0, 0.1) is 5.92 Å². The predicted molar refractivity (Wildman–Crippen MR) is 103 cm³/mol. The topological polar surface area (TPSA) is 67.0 Å². The molecule has 1 aromatic heterocycles. The van der Waals surface area contributed by atoms with E-state index >= 15 is 0 Å². The number of halogens is 2. The van der Waals surface area contributed by atoms with E-state index in [9.17, 15) is 13.6 Å². The number of H-pyrrole nitrogens is 1. The second-order valence-electron chi connectivity index (χ2n) is 7.20. The molecule has 7 heteroatoms. The van der Waals surface area contributed by atoms with Gasteiger partial charge < -0.3 is 10.1 Å². The monoisotopic (exact) mass is 387 g/mol. The number of fused-ring (bicyclic) bond motifs is 1. The van der Waals surface area contributed by atoms with E-state index in [4.69, 9.17) is 4.74 Å². The lowest BCUT2D eigenvalue weighted by atomic mass is 9.92. The summed E-state index contributed by atoms with van der Waals surface area (Å²) in [5, 5.41) is 10.2. The van der Waals surface area contributed by atoms with Crippen LogP contribution in [0.3, 0.4) is 0 Å². The van der Waals surface area contributed by atoms with Gasteiger partial charge in [0.25, 0.3) is 5.91 Å². The number of aromatic amines is 1. The minimum atomic E-state index is -3.47. The number of ether oxygens (including phenoxy) is 1. The van der Waals surface area contributed by atoms with Crippen molar-refractivity contribution in [2.24, 2.45) is 5.92 Å². The van der Waals surface area contributed by atoms with Crippen molar-refractivity contribution in [2.45, 2.75) is 38.8 Å². The first kappa shape index (κ1) is 19.8. The number of carbonyl (C=O) groups excluding carboxylic acids is 1. The fraction of sp³-hybridized carbons (Fsp3) is 0.333. The Morgan fingerprint density at radius 1 is 1.18 bits per heavy atom. The van der Waals surface area contributed by atoms with Crippen LogP contribution in [0.5, 0.6) is 5.75 Å². The number of benzene rings is 2. The number of nitrogens with zero attached hydrogens (tertiary/aromatic N) is 1. The molecule has 148 valence electrons. The SMILES string of the molecule is CC(C)[C@H](NC(=O)C(C)(F)F)[C@H](Oc1ccc2[nH]ncc2c1)c1ccccc1. The molecule has 0 aliphatic rings. The highest BCUT2D eigenvalue weighted by Gasteiger charge is 2.37. The Balaban J connectivity index is 1.95. The summed E-state index contributed by atoms with van der Waals surface area (Å²) in [4.78, 5) is 12.0. The van der Waals surface area contributed by atoms with E-state index in [0.29, 0.717) is 12.7 Å². The van der Waals surface area contributed by atoms with Gasteiger partial charge in [0.15, 0.2) is 0 Å². The third kappa shape index (κ3) is 4.47. The Labute approximate surface area is 162 Å². The van der Waals surface area contributed by atoms with E-state index in [2.05, 4.69) is 15.5 Å². The second-order valence-corrected chi connectivity index (χ2v) is 7.20. The zero-order valence-electron chi connectivity index (χ0n) is 15.9. The Morgan fingerprint density at radius 3 is 2.54 bits per heavy atom. The Hall–Kier alpha value is -2.96. The summed E-state index contributed by atoms with van der Waals surface area (Å²) < 4.78 is 33.2. The number of alkyl halides is 2. The summed E-state index contributed by atoms with van der Waals surface area (Å²) in [6, 6.07) is 14.0. The third-order valence-electron chi connectivity index (χ3n) is 4.54. The molecule has 2 aromatic carbocycles. The number of rotatable bonds is 7. The highest BCUT2D eigenvalue weighted by molar-refractivity contribution is 5.83. The summed E-state index contributed by atoms with van der Waals surface area (Å²) in [5.74, 6) is -4.37. The molecule has 0 spiro atoms. The molecule has 1 amide bonds. The van der Waals surface area contributed by atoms with Gasteiger partial charge in [-0.25, -0.2) is 0 Å². The molecule has 0 bridgehead atoms. The second kappa shape index (κ2) is 7.96. The fourth-order valence-corrected chi connectivity index (χ4v) is 3.00. The van der Waals surface area contributed by atoms with Crippen LogP contribution in [0.4, 0.5) is 8.78 Å². The van der Waals surface area contributed by atoms with Gasteiger partial charge in [-0.2, -0.15) is 13.9 Å². The number of hydrogen-bond donors (Lipinski definition) is 2. The summed E-state index contributed by atoms with van der Waals surface area (Å²) in [6.45, 7) is 4.31. The van der Waals surface area contributed by atoms with Crippen LogP contribution in [0.1, 0.15) is 32.4 Å². The molecular formula is C21H23F2N3O2. The van der Waals surface area contributed by atoms with Gasteiger partial charge in [0, 0.05) is 12.3 Å². The van der Waals surface area contributed by atoms with E-state index in [1.54, 1.807) is 12.3 Å². The van der Waals surface area contributed by atoms with Crippen LogP contribution in [0.25, 0.3) is 10.9 Å². The lowest BCUT2D eigenvalue weighted by Crippen LogP contribution is -2.49. The maximum Gasteiger partial charge on any atom is 0.321 e. The molecule has 2 N–H and O–H groups in total. The highest BCUT2D eigenvalue weighted by Crippen LogP contribution is 2.30. The van der Waals surface area contributed by atoms with Crippen LogP contribution >= 0.6 is 0 Å². The Morgan fingerprint density at radius 2 is 1.89 bits per heavy atom. The molecule has 2 atom stereocenters. The maximum absolute atomic E-state index is 13.5. The molecule has 28 heavy (non-hydrogen) atoms. The van der Waals surface area contributed by atoms with Crippen molar-refractivity contribution in [3.63, 3.8) is 0 Å². The minimum Gasteiger partial charge on any atom is -0.484 e. The number of nitrogens with one attached hydrogen (secondary N) is 2. The van der Waals surface area contributed by atoms with Crippen LogP contribution in [0.2, 0.25) is 0 Å². The third-order valence-corrected chi connectivity index (χ3v) is 4.54. The largest absolute Gasteiger partial charge is 0.484 e. The van der Waals surface area contributed by atoms with Crippen LogP contribution in [-0.4, -0.2) is 28.1 Å². The van der Waals surface area contributed by atoms with Crippen LogP contribution in [-0.2, 0) is 4.79 Å². The van der Waals surface area contributed by atoms with Gasteiger partial charge in [0.1, 0.15) is 11.9 Å². The van der Waals surface area contributed by atoms with Gasteiger partial charge in [-0.05, 0) is 29.7 Å². The maximum atomic E-state index is 13.5. The van der Waals surface area contributed by atoms with E-state index in [-0.39, 0.29) is 5.92 Å². The Kier molecular flexibility index (Phi) is 5.63. The van der Waals surface area contributed by atoms with E-state index in [1.807, 2.05) is 56.3 Å². The van der Waals surface area contributed by atoms with Crippen molar-refractivity contribution in [1.29, 1.82) is 0 Å². The van der Waals surface area contributed by atoms with Crippen molar-refractivity contribution in [1.82, 2.24) is 15.5 Å². The van der Waals surface area contributed by atoms with Gasteiger partial charge in [-0.15, -0.1) is 0 Å². The molecule has 3 rings (SSSR count). The van der Waals surface area contributed by atoms with E-state index in [1.165, 1.54) is 0 Å². The molecule has 0 saturated carbocycles. The van der Waals surface area contributed by atoms with Crippen molar-refractivity contribution in [3.05, 3.63) is 60.3 Å². The van der Waals surface area contributed by atoms with Crippen molar-refractivity contribution in [3.8, 4) is 5.75 Å². The van der Waals surface area contributed by atoms with Gasteiger partial charge in [0.05, 0.1) is 17.8 Å². The smallest absolute Gasteiger partial charge is 0.321 e. The van der Waals surface area contributed by atoms with Gasteiger partial charge in [-0.3, -0.25) is 9.89 Å². The van der Waals surface area contributed by atoms with E-state index < -0.39 is 24.0 Å². The summed E-state index contributed by atoms with van der Waals surface area (Å²) >= 11 is 0. The van der Waals surface area contributed by atoms with Crippen molar-refractivity contribution < 1.29 is 18.3 Å². The number of aromatic nitrogens is 2. The highest BCUT2D eigenvalue weighted by atomic mass is 19.3. The van der Waals surface area contributed by atoms with Gasteiger partial charge in [-0.1, -0.05) is 44.2 Å². The predicted octanol–water partition coefficient (Wildman–Crippen LogP) is 4.48. The van der Waals surface area contributed by atoms with Crippen molar-refractivity contribution >= 4 is 16.8 Å². The molecule has 0 aliphatic carbocycles. The molecule has 3 aromatic rings. The zero-order valence-corrected chi connectivity index (χ0v) is 15.9. The quantitative estimate of drug-likeness (QED) is 0.628. The fourth-order valence-electron chi connectivity index (χ4n) is 3.00. The first-order chi connectivity index (χ1) is 13.3. The molecule has 0 fully saturated rings. The lowest BCUT2D eigenvalue weighted by Gasteiger charge is -2.32. The molecule has 0 saturated heterocycles. The molecule has 0 unspecified atom stereocenters. The number of hydrogen-bond acceptors (Lipinski definition) is 3. The van der Waals surface area contributed by atoms with Gasteiger partial charge in [0.2, 0.25) is 0 Å². The molecule has 0 radical (unpaired) electrons. The number of carbonyl (C=O) groups is 1. The van der Waals surface area contributed by atoms with Gasteiger partial charge >= 0.3 is 5.92 Å². The summed E-state index contributed by atoms with van der Waals surface area (Å²) in [7, 11) is 0. The summed E-state index contributed by atoms with van der Waals surface area (Å²) in [5.41, 5.74) is 1.65. The first-order valence-corrected chi connectivity index (χ1v) is 9.09. The van der Waals surface area contributed by atoms with E-state index in [0.717, 1.165) is 16.5 Å². The summed E-state index contributed by atoms with van der Waals surface area (Å²) in [6.07, 6.45) is 1.04. The number of amides is 1. The minimum absolute atomic E-state index is 0.144. The lowest BCUT2D eigenvalue weighted by molar-refractivity contribution is -0.145. The van der Waals surface area contributed by atoms with Crippen LogP contribution < -0.4 is 10.1 Å². The zero-order chi connectivity index (χ0) is 20.3. The Bertz CT molecular complexity index is 935. The molecule has 1 heterocycles. The standard InChI is InChI=1S/C21H23F2N3O2/c1-13(2)18(25-20(27)21(3,22)23)19(14-7-5-4-6-8-14)28-16-9-10-17-15(11-16)12-24-26-17/h4-13,18-19H,1-3H3,(H,24,26)(H,25,27)/t18-,19+/m0/s1. The normalized spacial score (nSPS) is 14.1. The first-order valence-electron chi connectivity index (χ1n) is 9.09. The average molecular weight is 387 g/mol. The average Bonchev–Trinajstić information content (AvgIpc) is 3.12.